The van der Waals surface area contributed by atoms with E-state index >= 15 is 0 Å². The van der Waals surface area contributed by atoms with Gasteiger partial charge in [-0.15, -0.1) is 0 Å². The molecular formula is C23H16FNS. The first kappa shape index (κ1) is 17.8. The zero-order chi connectivity index (χ0) is 18.5. The Balaban J connectivity index is 1.88. The molecule has 0 saturated carbocycles. The molecule has 0 atom stereocenters. The molecule has 3 heteroatoms. The molecule has 1 nitrogen and oxygen atoms in total. The van der Waals surface area contributed by atoms with E-state index in [9.17, 15) is 4.39 Å². The van der Waals surface area contributed by atoms with E-state index in [-0.39, 0.29) is 5.82 Å². The van der Waals surface area contributed by atoms with Crippen LogP contribution in [0.1, 0.15) is 22.3 Å². The number of halogens is 1. The van der Waals surface area contributed by atoms with Crippen molar-refractivity contribution in [2.75, 3.05) is 0 Å². The van der Waals surface area contributed by atoms with Crippen LogP contribution in [0.15, 0.2) is 65.7 Å². The van der Waals surface area contributed by atoms with Crippen LogP contribution in [0.3, 0.4) is 0 Å². The first-order valence-electron chi connectivity index (χ1n) is 8.14. The molecule has 0 aromatic heterocycles. The molecule has 0 spiro atoms. The third-order valence-electron chi connectivity index (χ3n) is 4.06. The van der Waals surface area contributed by atoms with Crippen LogP contribution in [0.5, 0.6) is 0 Å². The summed E-state index contributed by atoms with van der Waals surface area (Å²) >= 11 is 4.62. The molecule has 3 aromatic rings. The van der Waals surface area contributed by atoms with Gasteiger partial charge in [0.15, 0.2) is 0 Å². The van der Waals surface area contributed by atoms with Crippen LogP contribution in [0.2, 0.25) is 0 Å². The summed E-state index contributed by atoms with van der Waals surface area (Å²) in [6.45, 7) is 3.95. The maximum absolute atomic E-state index is 14.4. The van der Waals surface area contributed by atoms with E-state index in [1.807, 2.05) is 62.4 Å². The van der Waals surface area contributed by atoms with E-state index in [1.165, 1.54) is 11.6 Å². The van der Waals surface area contributed by atoms with Crippen molar-refractivity contribution in [2.24, 2.45) is 4.99 Å². The molecule has 3 aromatic carbocycles. The molecule has 0 fully saturated rings. The second-order valence-electron chi connectivity index (χ2n) is 6.02. The number of benzene rings is 3. The van der Waals surface area contributed by atoms with Gasteiger partial charge in [-0.2, -0.15) is 4.99 Å². The van der Waals surface area contributed by atoms with Crippen molar-refractivity contribution in [2.45, 2.75) is 13.8 Å². The minimum atomic E-state index is -0.325. The summed E-state index contributed by atoms with van der Waals surface area (Å²) in [5.74, 6) is 5.58. The Morgan fingerprint density at radius 1 is 0.846 bits per heavy atom. The molecule has 126 valence electrons. The van der Waals surface area contributed by atoms with Gasteiger partial charge in [-0.3, -0.25) is 0 Å². The Morgan fingerprint density at radius 3 is 2.23 bits per heavy atom. The van der Waals surface area contributed by atoms with Crippen LogP contribution in [0.4, 0.5) is 10.1 Å². The molecule has 3 rings (SSSR count). The molecule has 0 unspecified atom stereocenters. The maximum atomic E-state index is 14.4. The summed E-state index contributed by atoms with van der Waals surface area (Å²) in [7, 11) is 0. The van der Waals surface area contributed by atoms with Gasteiger partial charge >= 0.3 is 0 Å². The Morgan fingerprint density at radius 2 is 1.58 bits per heavy atom. The van der Waals surface area contributed by atoms with Gasteiger partial charge in [0.1, 0.15) is 5.82 Å². The molecule has 0 heterocycles. The highest BCUT2D eigenvalue weighted by Gasteiger charge is 2.04. The zero-order valence-corrected chi connectivity index (χ0v) is 15.3. The Labute approximate surface area is 158 Å². The molecule has 0 saturated heterocycles. The number of aryl methyl sites for hydroxylation is 2. The normalized spacial score (nSPS) is 9.81. The minimum absolute atomic E-state index is 0.325. The fourth-order valence-corrected chi connectivity index (χ4v) is 2.69. The zero-order valence-electron chi connectivity index (χ0n) is 14.5. The SMILES string of the molecule is Cc1ccc(-c2ccc(C#Cc3ccc(N=C=S)c(C)c3)c(F)c2)cc1. The topological polar surface area (TPSA) is 12.4 Å². The molecule has 26 heavy (non-hydrogen) atoms. The Bertz CT molecular complexity index is 1070. The van der Waals surface area contributed by atoms with Gasteiger partial charge in [-0.05, 0) is 73.1 Å². The molecule has 0 aliphatic carbocycles. The van der Waals surface area contributed by atoms with Crippen LogP contribution in [-0.4, -0.2) is 5.16 Å². The van der Waals surface area contributed by atoms with Gasteiger partial charge in [0.05, 0.1) is 16.4 Å². The monoisotopic (exact) mass is 357 g/mol. The lowest BCUT2D eigenvalue weighted by Crippen LogP contribution is -1.87. The van der Waals surface area contributed by atoms with Crippen LogP contribution >= 0.6 is 12.2 Å². The predicted octanol–water partition coefficient (Wildman–Crippen LogP) is 6.24. The number of hydrogen-bond donors (Lipinski definition) is 0. The van der Waals surface area contributed by atoms with Crippen molar-refractivity contribution in [1.29, 1.82) is 0 Å². The summed E-state index contributed by atoms with van der Waals surface area (Å²) < 4.78 is 14.4. The summed E-state index contributed by atoms with van der Waals surface area (Å²) in [5.41, 5.74) is 5.88. The van der Waals surface area contributed by atoms with E-state index < -0.39 is 0 Å². The third-order valence-corrected chi connectivity index (χ3v) is 4.15. The highest BCUT2D eigenvalue weighted by atomic mass is 32.1. The highest BCUT2D eigenvalue weighted by molar-refractivity contribution is 7.78. The molecule has 0 radical (unpaired) electrons. The number of aliphatic imine (C=N–C) groups is 1. The van der Waals surface area contributed by atoms with Gasteiger partial charge in [0.2, 0.25) is 0 Å². The lowest BCUT2D eigenvalue weighted by Gasteiger charge is -2.04. The van der Waals surface area contributed by atoms with Crippen LogP contribution in [0.25, 0.3) is 11.1 Å². The summed E-state index contributed by atoms with van der Waals surface area (Å²) in [5, 5.41) is 2.35. The fourth-order valence-electron chi connectivity index (χ4n) is 2.59. The molecule has 0 aliphatic heterocycles. The maximum Gasteiger partial charge on any atom is 0.139 e. The predicted molar refractivity (Wildman–Crippen MR) is 108 cm³/mol. The van der Waals surface area contributed by atoms with Crippen molar-refractivity contribution in [3.63, 3.8) is 0 Å². The van der Waals surface area contributed by atoms with E-state index in [4.69, 9.17) is 0 Å². The van der Waals surface area contributed by atoms with Gasteiger partial charge in [-0.1, -0.05) is 47.7 Å². The van der Waals surface area contributed by atoms with E-state index in [1.54, 1.807) is 6.07 Å². The smallest absolute Gasteiger partial charge is 0.139 e. The van der Waals surface area contributed by atoms with Crippen LogP contribution in [0, 0.1) is 31.5 Å². The summed E-state index contributed by atoms with van der Waals surface area (Å²) in [6, 6.07) is 18.7. The lowest BCUT2D eigenvalue weighted by atomic mass is 10.0. The van der Waals surface area contributed by atoms with Gasteiger partial charge in [-0.25, -0.2) is 4.39 Å². The second kappa shape index (κ2) is 7.89. The number of rotatable bonds is 2. The second-order valence-corrected chi connectivity index (χ2v) is 6.20. The van der Waals surface area contributed by atoms with Crippen molar-refractivity contribution in [3.05, 3.63) is 88.7 Å². The molecule has 0 amide bonds. The lowest BCUT2D eigenvalue weighted by molar-refractivity contribution is 0.625. The molecule has 0 aliphatic rings. The van der Waals surface area contributed by atoms with E-state index in [2.05, 4.69) is 34.2 Å². The number of thiocarbonyl (C=S) groups is 1. The van der Waals surface area contributed by atoms with Crippen molar-refractivity contribution in [3.8, 4) is 23.0 Å². The van der Waals surface area contributed by atoms with Gasteiger partial charge < -0.3 is 0 Å². The van der Waals surface area contributed by atoms with E-state index in [0.717, 1.165) is 27.9 Å². The first-order valence-corrected chi connectivity index (χ1v) is 8.55. The fraction of sp³-hybridized carbons (Fsp3) is 0.0870. The number of hydrogen-bond acceptors (Lipinski definition) is 2. The van der Waals surface area contributed by atoms with E-state index in [0.29, 0.717) is 5.56 Å². The Kier molecular flexibility index (Phi) is 5.39. The number of isothiocyanates is 1. The average molecular weight is 357 g/mol. The largest absolute Gasteiger partial charge is 0.206 e. The third kappa shape index (κ3) is 4.13. The highest BCUT2D eigenvalue weighted by Crippen LogP contribution is 2.22. The van der Waals surface area contributed by atoms with Gasteiger partial charge in [0, 0.05) is 5.56 Å². The molecule has 0 bridgehead atoms. The molecular weight excluding hydrogens is 341 g/mol. The molecule has 0 N–H and O–H groups in total. The number of nitrogens with zero attached hydrogens (tertiary/aromatic N) is 1. The quantitative estimate of drug-likeness (QED) is 0.300. The standard InChI is InChI=1S/C23H16FNS/c1-16-3-7-19(8-4-16)21-11-10-20(22(24)14-21)9-5-18-6-12-23(25-15-26)17(2)13-18/h3-4,6-8,10-14H,1-2H3. The minimum Gasteiger partial charge on any atom is -0.206 e. The van der Waals surface area contributed by atoms with Crippen LogP contribution in [-0.2, 0) is 0 Å². The van der Waals surface area contributed by atoms with Crippen molar-refractivity contribution in [1.82, 2.24) is 0 Å². The summed E-state index contributed by atoms with van der Waals surface area (Å²) in [4.78, 5) is 3.98. The summed E-state index contributed by atoms with van der Waals surface area (Å²) in [6.07, 6.45) is 0. The Hall–Kier alpha value is -3.05. The van der Waals surface area contributed by atoms with Gasteiger partial charge in [0.25, 0.3) is 0 Å². The average Bonchev–Trinajstić information content (AvgIpc) is 2.63. The van der Waals surface area contributed by atoms with Crippen LogP contribution < -0.4 is 0 Å². The first-order chi connectivity index (χ1) is 12.6. The van der Waals surface area contributed by atoms with Crippen molar-refractivity contribution >= 4 is 23.1 Å². The van der Waals surface area contributed by atoms with Crippen molar-refractivity contribution < 1.29 is 4.39 Å².